The highest BCUT2D eigenvalue weighted by Crippen LogP contribution is 2.31. The molecule has 0 saturated heterocycles. The monoisotopic (exact) mass is 274 g/mol. The Morgan fingerprint density at radius 2 is 2.20 bits per heavy atom. The van der Waals surface area contributed by atoms with Gasteiger partial charge in [-0.05, 0) is 37.3 Å². The molecule has 0 aromatic heterocycles. The molecule has 0 spiro atoms. The van der Waals surface area contributed by atoms with Gasteiger partial charge in [0, 0.05) is 17.5 Å². The predicted octanol–water partition coefficient (Wildman–Crippen LogP) is 3.22. The van der Waals surface area contributed by atoms with E-state index in [1.54, 1.807) is 31.2 Å². The van der Waals surface area contributed by atoms with Gasteiger partial charge >= 0.3 is 0 Å². The number of benzene rings is 2. The van der Waals surface area contributed by atoms with Gasteiger partial charge < -0.3 is 14.6 Å². The lowest BCUT2D eigenvalue weighted by Crippen LogP contribution is -2.22. The first-order chi connectivity index (χ1) is 9.63. The second-order valence-corrected chi connectivity index (χ2v) is 4.91. The lowest BCUT2D eigenvalue weighted by molar-refractivity contribution is 0.148. The first kappa shape index (κ1) is 12.8. The molecule has 1 atom stereocenters. The van der Waals surface area contributed by atoms with Crippen LogP contribution in [0.2, 0.25) is 0 Å². The zero-order valence-corrected chi connectivity index (χ0v) is 11.1. The molecule has 3 nitrogen and oxygen atoms in total. The minimum Gasteiger partial charge on any atom is -0.508 e. The van der Waals surface area contributed by atoms with Crippen molar-refractivity contribution >= 4 is 0 Å². The lowest BCUT2D eigenvalue weighted by Gasteiger charge is -2.14. The van der Waals surface area contributed by atoms with E-state index in [-0.39, 0.29) is 17.7 Å². The Morgan fingerprint density at radius 3 is 3.05 bits per heavy atom. The molecule has 1 aliphatic rings. The van der Waals surface area contributed by atoms with Crippen LogP contribution < -0.4 is 9.47 Å². The van der Waals surface area contributed by atoms with Gasteiger partial charge in [0.1, 0.15) is 35.8 Å². The number of hydrogen-bond donors (Lipinski definition) is 1. The molecule has 2 aromatic carbocycles. The van der Waals surface area contributed by atoms with Gasteiger partial charge in [-0.1, -0.05) is 6.07 Å². The average molecular weight is 274 g/mol. The van der Waals surface area contributed by atoms with E-state index in [1.807, 2.05) is 0 Å². The Bertz CT molecular complexity index is 640. The van der Waals surface area contributed by atoms with E-state index < -0.39 is 0 Å². The smallest absolute Gasteiger partial charge is 0.137 e. The second kappa shape index (κ2) is 5.04. The maximum absolute atomic E-state index is 13.1. The number of rotatable bonds is 3. The van der Waals surface area contributed by atoms with Crippen LogP contribution in [0.15, 0.2) is 36.4 Å². The zero-order valence-electron chi connectivity index (χ0n) is 11.1. The van der Waals surface area contributed by atoms with Crippen LogP contribution in [0.1, 0.15) is 11.1 Å². The van der Waals surface area contributed by atoms with Crippen molar-refractivity contribution in [1.82, 2.24) is 0 Å². The molecule has 3 rings (SSSR count). The maximum atomic E-state index is 13.1. The number of ether oxygens (including phenoxy) is 2. The predicted molar refractivity (Wildman–Crippen MR) is 72.9 cm³/mol. The number of phenolic OH excluding ortho intramolecular Hbond substituents is 1. The minimum atomic E-state index is -0.252. The Labute approximate surface area is 116 Å². The van der Waals surface area contributed by atoms with Crippen LogP contribution in [0, 0.1) is 12.7 Å². The number of halogens is 1. The summed E-state index contributed by atoms with van der Waals surface area (Å²) in [6.45, 7) is 2.16. The van der Waals surface area contributed by atoms with Crippen molar-refractivity contribution in [2.45, 2.75) is 19.4 Å². The molecule has 104 valence electrons. The summed E-state index contributed by atoms with van der Waals surface area (Å²) in [7, 11) is 0. The van der Waals surface area contributed by atoms with Gasteiger partial charge in [0.25, 0.3) is 0 Å². The van der Waals surface area contributed by atoms with E-state index in [0.29, 0.717) is 30.1 Å². The highest BCUT2D eigenvalue weighted by molar-refractivity contribution is 5.43. The molecular formula is C16H15FO3. The molecule has 0 saturated carbocycles. The van der Waals surface area contributed by atoms with Gasteiger partial charge in [0.2, 0.25) is 0 Å². The van der Waals surface area contributed by atoms with E-state index in [1.165, 1.54) is 12.1 Å². The van der Waals surface area contributed by atoms with E-state index >= 15 is 0 Å². The van der Waals surface area contributed by atoms with Crippen molar-refractivity contribution in [1.29, 1.82) is 0 Å². The first-order valence-corrected chi connectivity index (χ1v) is 6.50. The van der Waals surface area contributed by atoms with Gasteiger partial charge in [-0.2, -0.15) is 0 Å². The van der Waals surface area contributed by atoms with Crippen LogP contribution in [0.4, 0.5) is 4.39 Å². The lowest BCUT2D eigenvalue weighted by atomic mass is 10.1. The van der Waals surface area contributed by atoms with Crippen LogP contribution in [0.3, 0.4) is 0 Å². The molecule has 4 heteroatoms. The summed E-state index contributed by atoms with van der Waals surface area (Å²) in [5.74, 6) is 1.31. The van der Waals surface area contributed by atoms with Crippen molar-refractivity contribution in [3.05, 3.63) is 53.3 Å². The second-order valence-electron chi connectivity index (χ2n) is 4.91. The van der Waals surface area contributed by atoms with Crippen molar-refractivity contribution in [3.8, 4) is 17.2 Å². The summed E-state index contributed by atoms with van der Waals surface area (Å²) >= 11 is 0. The molecule has 1 heterocycles. The van der Waals surface area contributed by atoms with Gasteiger partial charge in [0.05, 0.1) is 0 Å². The highest BCUT2D eigenvalue weighted by atomic mass is 19.1. The zero-order chi connectivity index (χ0) is 14.1. The summed E-state index contributed by atoms with van der Waals surface area (Å²) < 4.78 is 24.5. The highest BCUT2D eigenvalue weighted by Gasteiger charge is 2.24. The van der Waals surface area contributed by atoms with Crippen molar-refractivity contribution in [3.63, 3.8) is 0 Å². The third-order valence-electron chi connectivity index (χ3n) is 3.44. The fourth-order valence-corrected chi connectivity index (χ4v) is 2.32. The van der Waals surface area contributed by atoms with Crippen LogP contribution in [-0.2, 0) is 6.42 Å². The summed E-state index contributed by atoms with van der Waals surface area (Å²) in [5, 5.41) is 9.61. The molecule has 1 aliphatic heterocycles. The van der Waals surface area contributed by atoms with Crippen LogP contribution in [0.25, 0.3) is 0 Å². The Morgan fingerprint density at radius 1 is 1.35 bits per heavy atom. The summed E-state index contributed by atoms with van der Waals surface area (Å²) in [6.07, 6.45) is 0.499. The Balaban J connectivity index is 1.65. The molecule has 0 bridgehead atoms. The molecule has 20 heavy (non-hydrogen) atoms. The number of aromatic hydroxyl groups is 1. The van der Waals surface area contributed by atoms with E-state index in [0.717, 1.165) is 5.56 Å². The van der Waals surface area contributed by atoms with Gasteiger partial charge in [-0.15, -0.1) is 0 Å². The van der Waals surface area contributed by atoms with Crippen LogP contribution >= 0.6 is 0 Å². The van der Waals surface area contributed by atoms with Crippen molar-refractivity contribution in [2.24, 2.45) is 0 Å². The average Bonchev–Trinajstić information content (AvgIpc) is 2.82. The topological polar surface area (TPSA) is 38.7 Å². The van der Waals surface area contributed by atoms with E-state index in [9.17, 15) is 9.50 Å². The van der Waals surface area contributed by atoms with E-state index in [4.69, 9.17) is 9.47 Å². The largest absolute Gasteiger partial charge is 0.508 e. The van der Waals surface area contributed by atoms with Gasteiger partial charge in [0.15, 0.2) is 0 Å². The summed E-state index contributed by atoms with van der Waals surface area (Å²) in [5.41, 5.74) is 1.57. The molecule has 2 aromatic rings. The Kier molecular flexibility index (Phi) is 3.22. The first-order valence-electron chi connectivity index (χ1n) is 6.50. The van der Waals surface area contributed by atoms with Crippen LogP contribution in [-0.4, -0.2) is 17.8 Å². The summed E-state index contributed by atoms with van der Waals surface area (Å²) in [4.78, 5) is 0. The number of fused-ring (bicyclic) bond motifs is 1. The molecule has 0 radical (unpaired) electrons. The quantitative estimate of drug-likeness (QED) is 0.934. The molecule has 1 unspecified atom stereocenters. The summed E-state index contributed by atoms with van der Waals surface area (Å²) in [6, 6.07) is 9.68. The molecule has 0 amide bonds. The van der Waals surface area contributed by atoms with E-state index in [2.05, 4.69) is 0 Å². The maximum Gasteiger partial charge on any atom is 0.137 e. The molecule has 0 aliphatic carbocycles. The van der Waals surface area contributed by atoms with Crippen molar-refractivity contribution < 1.29 is 19.0 Å². The number of phenols is 1. The fraction of sp³-hybridized carbons (Fsp3) is 0.250. The molecule has 0 fully saturated rings. The normalized spacial score (nSPS) is 16.6. The van der Waals surface area contributed by atoms with Gasteiger partial charge in [-0.3, -0.25) is 0 Å². The number of hydrogen-bond acceptors (Lipinski definition) is 3. The third-order valence-corrected chi connectivity index (χ3v) is 3.44. The minimum absolute atomic E-state index is 0.131. The molecule has 1 N–H and O–H groups in total. The van der Waals surface area contributed by atoms with Crippen LogP contribution in [0.5, 0.6) is 17.2 Å². The van der Waals surface area contributed by atoms with Gasteiger partial charge in [-0.25, -0.2) is 4.39 Å². The third kappa shape index (κ3) is 2.41. The standard InChI is InChI=1S/C16H15FO3/c1-10-14(18)3-2-4-15(10)19-9-13-8-11-7-12(17)5-6-16(11)20-13/h2-7,13,18H,8-9H2,1H3. The van der Waals surface area contributed by atoms with Crippen molar-refractivity contribution in [2.75, 3.05) is 6.61 Å². The fourth-order valence-electron chi connectivity index (χ4n) is 2.32. The molecular weight excluding hydrogens is 259 g/mol. The SMILES string of the molecule is Cc1c(O)cccc1OCC1Cc2cc(F)ccc2O1. The Hall–Kier alpha value is -2.23.